The number of hydrogen-bond donors (Lipinski definition) is 2. The van der Waals surface area contributed by atoms with Gasteiger partial charge in [-0.15, -0.1) is 0 Å². The SMILES string of the molecule is NC(=O)c1cccc(NCCN2CCOCC2)c1. The predicted octanol–water partition coefficient (Wildman–Crippen LogP) is 0.530. The quantitative estimate of drug-likeness (QED) is 0.799. The minimum Gasteiger partial charge on any atom is -0.384 e. The summed E-state index contributed by atoms with van der Waals surface area (Å²) in [6.07, 6.45) is 0. The first kappa shape index (κ1) is 12.9. The summed E-state index contributed by atoms with van der Waals surface area (Å²) in [7, 11) is 0. The molecule has 0 radical (unpaired) electrons. The fourth-order valence-corrected chi connectivity index (χ4v) is 1.97. The lowest BCUT2D eigenvalue weighted by atomic mass is 10.2. The van der Waals surface area contributed by atoms with Crippen LogP contribution in [0, 0.1) is 0 Å². The van der Waals surface area contributed by atoms with Gasteiger partial charge in [0, 0.05) is 37.4 Å². The highest BCUT2D eigenvalue weighted by Crippen LogP contribution is 2.09. The largest absolute Gasteiger partial charge is 0.384 e. The van der Waals surface area contributed by atoms with Crippen LogP contribution in [0.1, 0.15) is 10.4 Å². The van der Waals surface area contributed by atoms with Crippen LogP contribution in [-0.2, 0) is 4.74 Å². The van der Waals surface area contributed by atoms with Crippen LogP contribution in [0.3, 0.4) is 0 Å². The Balaban J connectivity index is 1.78. The second-order valence-corrected chi connectivity index (χ2v) is 4.33. The highest BCUT2D eigenvalue weighted by molar-refractivity contribution is 5.93. The summed E-state index contributed by atoms with van der Waals surface area (Å²) in [5.74, 6) is -0.396. The van der Waals surface area contributed by atoms with Gasteiger partial charge in [0.1, 0.15) is 0 Å². The standard InChI is InChI=1S/C13H19N3O2/c14-13(17)11-2-1-3-12(10-11)15-4-5-16-6-8-18-9-7-16/h1-3,10,15H,4-9H2,(H2,14,17). The van der Waals surface area contributed by atoms with Crippen molar-refractivity contribution in [3.8, 4) is 0 Å². The van der Waals surface area contributed by atoms with Gasteiger partial charge in [0.15, 0.2) is 0 Å². The molecule has 2 rings (SSSR count). The van der Waals surface area contributed by atoms with E-state index in [9.17, 15) is 4.79 Å². The van der Waals surface area contributed by atoms with Gasteiger partial charge in [0.05, 0.1) is 13.2 Å². The number of hydrogen-bond acceptors (Lipinski definition) is 4. The van der Waals surface area contributed by atoms with Crippen molar-refractivity contribution in [1.82, 2.24) is 4.90 Å². The monoisotopic (exact) mass is 249 g/mol. The van der Waals surface area contributed by atoms with Crippen LogP contribution in [0.15, 0.2) is 24.3 Å². The maximum absolute atomic E-state index is 11.0. The lowest BCUT2D eigenvalue weighted by Crippen LogP contribution is -2.39. The third-order valence-corrected chi connectivity index (χ3v) is 3.01. The number of benzene rings is 1. The summed E-state index contributed by atoms with van der Waals surface area (Å²) < 4.78 is 5.29. The fraction of sp³-hybridized carbons (Fsp3) is 0.462. The Morgan fingerprint density at radius 3 is 2.89 bits per heavy atom. The average molecular weight is 249 g/mol. The number of primary amides is 1. The molecule has 1 heterocycles. The minimum atomic E-state index is -0.396. The number of amides is 1. The molecule has 1 fully saturated rings. The van der Waals surface area contributed by atoms with Gasteiger partial charge in [0.25, 0.3) is 0 Å². The molecular formula is C13H19N3O2. The highest BCUT2D eigenvalue weighted by Gasteiger charge is 2.09. The molecule has 5 heteroatoms. The topological polar surface area (TPSA) is 67.6 Å². The van der Waals surface area contributed by atoms with Gasteiger partial charge >= 0.3 is 0 Å². The van der Waals surface area contributed by atoms with Crippen molar-refractivity contribution in [1.29, 1.82) is 0 Å². The second-order valence-electron chi connectivity index (χ2n) is 4.33. The van der Waals surface area contributed by atoms with Crippen molar-refractivity contribution in [3.05, 3.63) is 29.8 Å². The molecule has 1 aromatic carbocycles. The maximum atomic E-state index is 11.0. The molecule has 1 aromatic rings. The van der Waals surface area contributed by atoms with Crippen LogP contribution < -0.4 is 11.1 Å². The lowest BCUT2D eigenvalue weighted by molar-refractivity contribution is 0.0398. The first-order valence-electron chi connectivity index (χ1n) is 6.19. The molecule has 0 spiro atoms. The summed E-state index contributed by atoms with van der Waals surface area (Å²) in [5, 5.41) is 3.30. The Morgan fingerprint density at radius 1 is 1.39 bits per heavy atom. The molecule has 0 aliphatic carbocycles. The highest BCUT2D eigenvalue weighted by atomic mass is 16.5. The smallest absolute Gasteiger partial charge is 0.248 e. The van der Waals surface area contributed by atoms with Crippen molar-refractivity contribution in [3.63, 3.8) is 0 Å². The first-order valence-corrected chi connectivity index (χ1v) is 6.19. The summed E-state index contributed by atoms with van der Waals surface area (Å²) in [5.41, 5.74) is 6.70. The van der Waals surface area contributed by atoms with E-state index < -0.39 is 5.91 Å². The van der Waals surface area contributed by atoms with E-state index in [1.54, 1.807) is 12.1 Å². The molecular weight excluding hydrogens is 230 g/mol. The number of anilines is 1. The van der Waals surface area contributed by atoms with Gasteiger partial charge < -0.3 is 15.8 Å². The lowest BCUT2D eigenvalue weighted by Gasteiger charge is -2.26. The van der Waals surface area contributed by atoms with Gasteiger partial charge in [0.2, 0.25) is 5.91 Å². The number of ether oxygens (including phenoxy) is 1. The van der Waals surface area contributed by atoms with Crippen molar-refractivity contribution in [2.24, 2.45) is 5.73 Å². The summed E-state index contributed by atoms with van der Waals surface area (Å²) in [4.78, 5) is 13.4. The number of carbonyl (C=O) groups is 1. The summed E-state index contributed by atoms with van der Waals surface area (Å²) in [6.45, 7) is 5.44. The van der Waals surface area contributed by atoms with E-state index in [0.29, 0.717) is 5.56 Å². The van der Waals surface area contributed by atoms with Crippen LogP contribution in [0.25, 0.3) is 0 Å². The van der Waals surface area contributed by atoms with Gasteiger partial charge in [-0.05, 0) is 18.2 Å². The number of morpholine rings is 1. The predicted molar refractivity (Wildman–Crippen MR) is 70.7 cm³/mol. The fourth-order valence-electron chi connectivity index (χ4n) is 1.97. The Labute approximate surface area is 107 Å². The third-order valence-electron chi connectivity index (χ3n) is 3.01. The molecule has 5 nitrogen and oxygen atoms in total. The van der Waals surface area contributed by atoms with Crippen LogP contribution in [-0.4, -0.2) is 50.2 Å². The molecule has 0 saturated carbocycles. The molecule has 0 aromatic heterocycles. The van der Waals surface area contributed by atoms with Gasteiger partial charge in [-0.25, -0.2) is 0 Å². The Kier molecular flexibility index (Phi) is 4.55. The Hall–Kier alpha value is -1.59. The van der Waals surface area contributed by atoms with Crippen LogP contribution >= 0.6 is 0 Å². The van der Waals surface area contributed by atoms with Crippen LogP contribution in [0.2, 0.25) is 0 Å². The molecule has 1 aliphatic rings. The maximum Gasteiger partial charge on any atom is 0.248 e. The van der Waals surface area contributed by atoms with E-state index in [2.05, 4.69) is 10.2 Å². The number of carbonyl (C=O) groups excluding carboxylic acids is 1. The molecule has 1 amide bonds. The van der Waals surface area contributed by atoms with Gasteiger partial charge in [-0.2, -0.15) is 0 Å². The molecule has 18 heavy (non-hydrogen) atoms. The summed E-state index contributed by atoms with van der Waals surface area (Å²) in [6, 6.07) is 7.26. The van der Waals surface area contributed by atoms with Gasteiger partial charge in [-0.1, -0.05) is 6.07 Å². The summed E-state index contributed by atoms with van der Waals surface area (Å²) >= 11 is 0. The zero-order valence-electron chi connectivity index (χ0n) is 10.4. The second kappa shape index (κ2) is 6.37. The van der Waals surface area contributed by atoms with E-state index >= 15 is 0 Å². The Morgan fingerprint density at radius 2 is 2.17 bits per heavy atom. The van der Waals surface area contributed by atoms with Crippen molar-refractivity contribution in [2.45, 2.75) is 0 Å². The molecule has 1 aliphatic heterocycles. The molecule has 98 valence electrons. The number of rotatable bonds is 5. The molecule has 3 N–H and O–H groups in total. The zero-order chi connectivity index (χ0) is 12.8. The average Bonchev–Trinajstić information content (AvgIpc) is 2.40. The van der Waals surface area contributed by atoms with E-state index in [1.165, 1.54) is 0 Å². The number of nitrogens with two attached hydrogens (primary N) is 1. The van der Waals surface area contributed by atoms with E-state index in [0.717, 1.165) is 45.1 Å². The third kappa shape index (κ3) is 3.72. The van der Waals surface area contributed by atoms with Crippen molar-refractivity contribution >= 4 is 11.6 Å². The van der Waals surface area contributed by atoms with E-state index in [4.69, 9.17) is 10.5 Å². The van der Waals surface area contributed by atoms with Crippen molar-refractivity contribution in [2.75, 3.05) is 44.7 Å². The minimum absolute atomic E-state index is 0.396. The van der Waals surface area contributed by atoms with E-state index in [-0.39, 0.29) is 0 Å². The molecule has 0 bridgehead atoms. The van der Waals surface area contributed by atoms with Crippen molar-refractivity contribution < 1.29 is 9.53 Å². The zero-order valence-corrected chi connectivity index (χ0v) is 10.4. The Bertz CT molecular complexity index is 403. The van der Waals surface area contributed by atoms with Crippen LogP contribution in [0.5, 0.6) is 0 Å². The number of nitrogens with one attached hydrogen (secondary N) is 1. The normalized spacial score (nSPS) is 16.4. The first-order chi connectivity index (χ1) is 8.75. The molecule has 0 unspecified atom stereocenters. The molecule has 0 atom stereocenters. The van der Waals surface area contributed by atoms with Gasteiger partial charge in [-0.3, -0.25) is 9.69 Å². The molecule has 1 saturated heterocycles. The number of nitrogens with zero attached hydrogens (tertiary/aromatic N) is 1. The van der Waals surface area contributed by atoms with Crippen LogP contribution in [0.4, 0.5) is 5.69 Å². The van der Waals surface area contributed by atoms with E-state index in [1.807, 2.05) is 12.1 Å².